The van der Waals surface area contributed by atoms with Crippen molar-refractivity contribution in [3.8, 4) is 0 Å². The number of halogens is 1. The minimum absolute atomic E-state index is 0.0686. The summed E-state index contributed by atoms with van der Waals surface area (Å²) in [4.78, 5) is 15.5. The summed E-state index contributed by atoms with van der Waals surface area (Å²) in [6.45, 7) is 12.1. The lowest BCUT2D eigenvalue weighted by Gasteiger charge is -2.36. The van der Waals surface area contributed by atoms with Gasteiger partial charge in [-0.2, -0.15) is 0 Å². The van der Waals surface area contributed by atoms with Gasteiger partial charge in [0.1, 0.15) is 5.82 Å². The standard InChI is InChI=1S/C20H29FN2O2/c1-18(2)13-20(18,15-7-5-6-8-16(15)21)17(24)22-19(3,4)14-23-9-11-25-12-10-23/h5-8H,9-14H2,1-4H3,(H,22,24). The molecule has 1 aliphatic carbocycles. The van der Waals surface area contributed by atoms with Crippen LogP contribution in [0.2, 0.25) is 0 Å². The zero-order valence-corrected chi connectivity index (χ0v) is 15.7. The van der Waals surface area contributed by atoms with Crippen molar-refractivity contribution < 1.29 is 13.9 Å². The maximum atomic E-state index is 14.4. The second-order valence-electron chi connectivity index (χ2n) is 8.67. The summed E-state index contributed by atoms with van der Waals surface area (Å²) in [5, 5.41) is 3.20. The van der Waals surface area contributed by atoms with Gasteiger partial charge in [-0.05, 0) is 31.7 Å². The van der Waals surface area contributed by atoms with E-state index in [0.717, 1.165) is 32.8 Å². The summed E-state index contributed by atoms with van der Waals surface area (Å²) in [5.41, 5.74) is -0.889. The van der Waals surface area contributed by atoms with Crippen LogP contribution >= 0.6 is 0 Å². The Balaban J connectivity index is 1.77. The molecule has 1 atom stereocenters. The van der Waals surface area contributed by atoms with Crippen molar-refractivity contribution in [3.05, 3.63) is 35.6 Å². The summed E-state index contributed by atoms with van der Waals surface area (Å²) >= 11 is 0. The van der Waals surface area contributed by atoms with Gasteiger partial charge in [-0.25, -0.2) is 4.39 Å². The van der Waals surface area contributed by atoms with Crippen LogP contribution in [0.4, 0.5) is 4.39 Å². The predicted octanol–water partition coefficient (Wildman–Crippen LogP) is 2.72. The SMILES string of the molecule is CC(C)(CN1CCOCC1)NC(=O)C1(c2ccccc2F)CC1(C)C. The molecule has 1 aromatic rings. The molecule has 1 amide bonds. The summed E-state index contributed by atoms with van der Waals surface area (Å²) < 4.78 is 19.8. The van der Waals surface area contributed by atoms with Crippen LogP contribution in [0.15, 0.2) is 24.3 Å². The maximum absolute atomic E-state index is 14.4. The Morgan fingerprint density at radius 2 is 1.88 bits per heavy atom. The molecule has 1 saturated carbocycles. The second-order valence-corrected chi connectivity index (χ2v) is 8.67. The van der Waals surface area contributed by atoms with E-state index >= 15 is 0 Å². The van der Waals surface area contributed by atoms with Crippen molar-refractivity contribution >= 4 is 5.91 Å². The number of carbonyl (C=O) groups excluding carboxylic acids is 1. The summed E-state index contributed by atoms with van der Waals surface area (Å²) in [7, 11) is 0. The number of hydrogen-bond donors (Lipinski definition) is 1. The number of nitrogens with one attached hydrogen (secondary N) is 1. The Bertz CT molecular complexity index is 653. The third kappa shape index (κ3) is 3.44. The van der Waals surface area contributed by atoms with Crippen molar-refractivity contribution in [1.29, 1.82) is 0 Å². The molecule has 0 spiro atoms. The lowest BCUT2D eigenvalue weighted by molar-refractivity contribution is -0.126. The van der Waals surface area contributed by atoms with Gasteiger partial charge < -0.3 is 10.1 Å². The number of ether oxygens (including phenoxy) is 1. The Morgan fingerprint density at radius 1 is 1.28 bits per heavy atom. The Labute approximate surface area is 149 Å². The van der Waals surface area contributed by atoms with Crippen LogP contribution in [-0.4, -0.2) is 49.2 Å². The molecule has 1 unspecified atom stereocenters. The molecule has 1 aromatic carbocycles. The van der Waals surface area contributed by atoms with Crippen LogP contribution in [0.25, 0.3) is 0 Å². The number of amides is 1. The van der Waals surface area contributed by atoms with E-state index in [9.17, 15) is 9.18 Å². The number of morpholine rings is 1. The fraction of sp³-hybridized carbons (Fsp3) is 0.650. The summed E-state index contributed by atoms with van der Waals surface area (Å²) in [5.74, 6) is -0.366. The fourth-order valence-electron chi connectivity index (χ4n) is 4.17. The molecule has 1 aliphatic heterocycles. The van der Waals surface area contributed by atoms with Crippen molar-refractivity contribution in [2.24, 2.45) is 5.41 Å². The highest BCUT2D eigenvalue weighted by atomic mass is 19.1. The van der Waals surface area contributed by atoms with Gasteiger partial charge in [0.05, 0.1) is 18.6 Å². The average molecular weight is 348 g/mol. The highest BCUT2D eigenvalue weighted by Gasteiger charge is 2.68. The lowest BCUT2D eigenvalue weighted by Crippen LogP contribution is -2.56. The maximum Gasteiger partial charge on any atom is 0.231 e. The largest absolute Gasteiger partial charge is 0.379 e. The third-order valence-electron chi connectivity index (χ3n) is 5.63. The Hall–Kier alpha value is -1.46. The van der Waals surface area contributed by atoms with Crippen LogP contribution in [-0.2, 0) is 14.9 Å². The molecule has 0 radical (unpaired) electrons. The second kappa shape index (κ2) is 6.36. The molecule has 25 heavy (non-hydrogen) atoms. The first-order valence-electron chi connectivity index (χ1n) is 9.06. The van der Waals surface area contributed by atoms with E-state index in [1.165, 1.54) is 6.07 Å². The van der Waals surface area contributed by atoms with E-state index in [1.54, 1.807) is 18.2 Å². The first-order chi connectivity index (χ1) is 11.7. The molecule has 4 nitrogen and oxygen atoms in total. The fourth-order valence-corrected chi connectivity index (χ4v) is 4.17. The molecule has 5 heteroatoms. The smallest absolute Gasteiger partial charge is 0.231 e. The van der Waals surface area contributed by atoms with Gasteiger partial charge in [0, 0.05) is 30.7 Å². The molecule has 1 saturated heterocycles. The first-order valence-corrected chi connectivity index (χ1v) is 9.06. The van der Waals surface area contributed by atoms with E-state index in [4.69, 9.17) is 4.74 Å². The molecule has 1 heterocycles. The van der Waals surface area contributed by atoms with Crippen molar-refractivity contribution in [2.75, 3.05) is 32.8 Å². The number of rotatable bonds is 5. The highest BCUT2D eigenvalue weighted by molar-refractivity contribution is 5.93. The van der Waals surface area contributed by atoms with Gasteiger partial charge in [0.15, 0.2) is 0 Å². The number of benzene rings is 1. The van der Waals surface area contributed by atoms with E-state index in [2.05, 4.69) is 10.2 Å². The van der Waals surface area contributed by atoms with Crippen LogP contribution in [0.5, 0.6) is 0 Å². The van der Waals surface area contributed by atoms with Gasteiger partial charge in [-0.3, -0.25) is 9.69 Å². The first kappa shape index (κ1) is 18.3. The van der Waals surface area contributed by atoms with Crippen molar-refractivity contribution in [2.45, 2.75) is 45.1 Å². The molecule has 2 aliphatic rings. The number of hydrogen-bond acceptors (Lipinski definition) is 3. The minimum atomic E-state index is -0.777. The summed E-state index contributed by atoms with van der Waals surface area (Å²) in [6, 6.07) is 6.67. The zero-order chi connectivity index (χ0) is 18.3. The van der Waals surface area contributed by atoms with Crippen LogP contribution in [0, 0.1) is 11.2 Å². The average Bonchev–Trinajstić information content (AvgIpc) is 3.11. The number of carbonyl (C=O) groups is 1. The topological polar surface area (TPSA) is 41.6 Å². The molecule has 138 valence electrons. The van der Waals surface area contributed by atoms with Gasteiger partial charge in [-0.15, -0.1) is 0 Å². The molecular weight excluding hydrogens is 319 g/mol. The van der Waals surface area contributed by atoms with Crippen molar-refractivity contribution in [1.82, 2.24) is 10.2 Å². The molecule has 0 aromatic heterocycles. The van der Waals surface area contributed by atoms with E-state index in [0.29, 0.717) is 12.0 Å². The third-order valence-corrected chi connectivity index (χ3v) is 5.63. The van der Waals surface area contributed by atoms with Crippen molar-refractivity contribution in [3.63, 3.8) is 0 Å². The van der Waals surface area contributed by atoms with Crippen LogP contribution in [0.1, 0.15) is 39.7 Å². The van der Waals surface area contributed by atoms with E-state index < -0.39 is 5.41 Å². The van der Waals surface area contributed by atoms with Gasteiger partial charge in [0.25, 0.3) is 0 Å². The molecule has 3 rings (SSSR count). The van der Waals surface area contributed by atoms with E-state index in [1.807, 2.05) is 27.7 Å². The molecule has 1 N–H and O–H groups in total. The monoisotopic (exact) mass is 348 g/mol. The van der Waals surface area contributed by atoms with Gasteiger partial charge in [0.2, 0.25) is 5.91 Å². The van der Waals surface area contributed by atoms with Crippen LogP contribution < -0.4 is 5.32 Å². The van der Waals surface area contributed by atoms with Gasteiger partial charge in [-0.1, -0.05) is 32.0 Å². The Morgan fingerprint density at radius 3 is 2.44 bits per heavy atom. The summed E-state index contributed by atoms with van der Waals surface area (Å²) in [6.07, 6.45) is 0.667. The number of nitrogens with zero attached hydrogens (tertiary/aromatic N) is 1. The lowest BCUT2D eigenvalue weighted by atomic mass is 9.85. The van der Waals surface area contributed by atoms with E-state index in [-0.39, 0.29) is 22.7 Å². The Kier molecular flexibility index (Phi) is 4.67. The minimum Gasteiger partial charge on any atom is -0.379 e. The molecular formula is C20H29FN2O2. The molecule has 0 bridgehead atoms. The predicted molar refractivity (Wildman–Crippen MR) is 96.0 cm³/mol. The zero-order valence-electron chi connectivity index (χ0n) is 15.7. The highest BCUT2D eigenvalue weighted by Crippen LogP contribution is 2.64. The normalized spacial score (nSPS) is 26.3. The van der Waals surface area contributed by atoms with Crippen LogP contribution in [0.3, 0.4) is 0 Å². The quantitative estimate of drug-likeness (QED) is 0.890. The van der Waals surface area contributed by atoms with Gasteiger partial charge >= 0.3 is 0 Å². The molecule has 2 fully saturated rings.